The summed E-state index contributed by atoms with van der Waals surface area (Å²) in [5, 5.41) is 6.14. The van der Waals surface area contributed by atoms with Crippen LogP contribution in [0.25, 0.3) is 0 Å². The van der Waals surface area contributed by atoms with E-state index in [0.717, 1.165) is 69.5 Å². The van der Waals surface area contributed by atoms with Crippen molar-refractivity contribution in [2.24, 2.45) is 10.9 Å². The number of nitrogens with zero attached hydrogens (tertiary/aromatic N) is 4. The minimum atomic E-state index is 0. The van der Waals surface area contributed by atoms with Crippen LogP contribution in [0.2, 0.25) is 0 Å². The molecule has 1 atom stereocenters. The monoisotopic (exact) mass is 544 g/mol. The molecule has 0 aliphatic carbocycles. The lowest BCUT2D eigenvalue weighted by Gasteiger charge is -2.34. The van der Waals surface area contributed by atoms with E-state index < -0.39 is 0 Å². The zero-order valence-corrected chi connectivity index (χ0v) is 21.3. The molecule has 8 nitrogen and oxygen atoms in total. The summed E-state index contributed by atoms with van der Waals surface area (Å²) in [7, 11) is 1.70. The number of hydrogen-bond donors (Lipinski definition) is 2. The van der Waals surface area contributed by atoms with Gasteiger partial charge < -0.3 is 25.2 Å². The summed E-state index contributed by atoms with van der Waals surface area (Å²) in [5.41, 5.74) is 1.10. The first-order valence-electron chi connectivity index (χ1n) is 11.1. The lowest BCUT2D eigenvalue weighted by Crippen LogP contribution is -2.46. The number of carbonyl (C=O) groups is 1. The van der Waals surface area contributed by atoms with Gasteiger partial charge in [0.15, 0.2) is 5.96 Å². The van der Waals surface area contributed by atoms with Gasteiger partial charge in [0.05, 0.1) is 19.3 Å². The third-order valence-corrected chi connectivity index (χ3v) is 5.79. The number of halogens is 1. The topological polar surface area (TPSA) is 82.1 Å². The van der Waals surface area contributed by atoms with Crippen LogP contribution in [0.3, 0.4) is 0 Å². The van der Waals surface area contributed by atoms with Gasteiger partial charge in [0.1, 0.15) is 5.82 Å². The number of aromatic nitrogens is 1. The number of morpholine rings is 1. The number of amides is 1. The second kappa shape index (κ2) is 13.0. The number of anilines is 1. The van der Waals surface area contributed by atoms with Crippen LogP contribution in [-0.2, 0) is 16.1 Å². The molecule has 174 valence electrons. The minimum Gasteiger partial charge on any atom is -0.375 e. The zero-order valence-electron chi connectivity index (χ0n) is 19.0. The molecule has 2 fully saturated rings. The van der Waals surface area contributed by atoms with Crippen molar-refractivity contribution >= 4 is 41.7 Å². The summed E-state index contributed by atoms with van der Waals surface area (Å²) in [5.74, 6) is 2.55. The number of guanidine groups is 1. The van der Waals surface area contributed by atoms with E-state index in [9.17, 15) is 4.79 Å². The molecular formula is C22H37IN6O2. The Hall–Kier alpha value is -1.62. The Morgan fingerprint density at radius 3 is 2.68 bits per heavy atom. The average Bonchev–Trinajstić information content (AvgIpc) is 2.77. The maximum atomic E-state index is 11.6. The summed E-state index contributed by atoms with van der Waals surface area (Å²) in [4.78, 5) is 25.7. The summed E-state index contributed by atoms with van der Waals surface area (Å²) >= 11 is 0. The fourth-order valence-electron chi connectivity index (χ4n) is 4.03. The van der Waals surface area contributed by atoms with Crippen LogP contribution in [0.5, 0.6) is 0 Å². The van der Waals surface area contributed by atoms with E-state index in [2.05, 4.69) is 51.4 Å². The van der Waals surface area contributed by atoms with E-state index in [0.29, 0.717) is 18.9 Å². The maximum absolute atomic E-state index is 11.6. The fourth-order valence-corrected chi connectivity index (χ4v) is 4.03. The lowest BCUT2D eigenvalue weighted by atomic mass is 9.93. The Kier molecular flexibility index (Phi) is 10.8. The molecule has 0 spiro atoms. The second-order valence-corrected chi connectivity index (χ2v) is 8.13. The van der Waals surface area contributed by atoms with Crippen molar-refractivity contribution in [1.82, 2.24) is 20.5 Å². The van der Waals surface area contributed by atoms with Crippen molar-refractivity contribution in [3.63, 3.8) is 0 Å². The molecule has 1 unspecified atom stereocenters. The van der Waals surface area contributed by atoms with Crippen LogP contribution in [0.4, 0.5) is 5.82 Å². The van der Waals surface area contributed by atoms with Gasteiger partial charge >= 0.3 is 0 Å². The van der Waals surface area contributed by atoms with E-state index in [1.54, 1.807) is 7.05 Å². The second-order valence-electron chi connectivity index (χ2n) is 8.13. The first kappa shape index (κ1) is 25.6. The summed E-state index contributed by atoms with van der Waals surface area (Å²) < 4.78 is 5.61. The molecule has 0 saturated carbocycles. The third kappa shape index (κ3) is 7.78. The standard InChI is InChI=1S/C22H36N6O2.HI/c1-4-24-22(27-9-7-18(8-10-27)13-21(29)23-3)26-15-19-5-6-20(25-14-19)28-11-12-30-17(2)16-28;/h5-6,14,17-18H,4,7-13,15-16H2,1-3H3,(H,23,29)(H,24,26);1H. The predicted molar refractivity (Wildman–Crippen MR) is 135 cm³/mol. The molecule has 2 aliphatic heterocycles. The summed E-state index contributed by atoms with van der Waals surface area (Å²) in [6.07, 6.45) is 4.83. The van der Waals surface area contributed by atoms with E-state index in [1.165, 1.54) is 0 Å². The molecular weight excluding hydrogens is 507 g/mol. The van der Waals surface area contributed by atoms with E-state index in [1.807, 2.05) is 6.20 Å². The Morgan fingerprint density at radius 1 is 1.29 bits per heavy atom. The molecule has 2 aliphatic rings. The number of ether oxygens (including phenoxy) is 1. The van der Waals surface area contributed by atoms with Gasteiger partial charge in [-0.2, -0.15) is 0 Å². The molecule has 1 aromatic heterocycles. The highest BCUT2D eigenvalue weighted by molar-refractivity contribution is 14.0. The van der Waals surface area contributed by atoms with Crippen LogP contribution >= 0.6 is 24.0 Å². The molecule has 1 aromatic rings. The van der Waals surface area contributed by atoms with Crippen molar-refractivity contribution < 1.29 is 9.53 Å². The van der Waals surface area contributed by atoms with Crippen LogP contribution in [0.1, 0.15) is 38.7 Å². The predicted octanol–water partition coefficient (Wildman–Crippen LogP) is 2.24. The number of aliphatic imine (C=N–C) groups is 1. The summed E-state index contributed by atoms with van der Waals surface area (Å²) in [6.45, 7) is 10.0. The molecule has 0 aromatic carbocycles. The van der Waals surface area contributed by atoms with Crippen LogP contribution in [0, 0.1) is 5.92 Å². The first-order valence-corrected chi connectivity index (χ1v) is 11.1. The van der Waals surface area contributed by atoms with Crippen LogP contribution < -0.4 is 15.5 Å². The molecule has 1 amide bonds. The number of nitrogens with one attached hydrogen (secondary N) is 2. The van der Waals surface area contributed by atoms with Gasteiger partial charge in [-0.05, 0) is 44.2 Å². The number of likely N-dealkylation sites (tertiary alicyclic amines) is 1. The number of piperidine rings is 1. The van der Waals surface area contributed by atoms with Crippen molar-refractivity contribution in [3.8, 4) is 0 Å². The highest BCUT2D eigenvalue weighted by Crippen LogP contribution is 2.21. The van der Waals surface area contributed by atoms with Gasteiger partial charge in [0.2, 0.25) is 5.91 Å². The SMILES string of the molecule is CCNC(=NCc1ccc(N2CCOC(C)C2)nc1)N1CCC(CC(=O)NC)CC1.I. The Morgan fingerprint density at radius 2 is 2.06 bits per heavy atom. The average molecular weight is 544 g/mol. The van der Waals surface area contributed by atoms with Gasteiger partial charge in [0.25, 0.3) is 0 Å². The van der Waals surface area contributed by atoms with E-state index in [-0.39, 0.29) is 36.0 Å². The molecule has 3 rings (SSSR count). The normalized spacial score (nSPS) is 20.2. The highest BCUT2D eigenvalue weighted by Gasteiger charge is 2.23. The Labute approximate surface area is 203 Å². The van der Waals surface area contributed by atoms with Crippen molar-refractivity contribution in [1.29, 1.82) is 0 Å². The largest absolute Gasteiger partial charge is 0.375 e. The Bertz CT molecular complexity index is 706. The van der Waals surface area contributed by atoms with Gasteiger partial charge in [-0.25, -0.2) is 9.98 Å². The molecule has 3 heterocycles. The van der Waals surface area contributed by atoms with Gasteiger partial charge in [-0.15, -0.1) is 24.0 Å². The Balaban J connectivity index is 0.00000341. The van der Waals surface area contributed by atoms with Crippen LogP contribution in [-0.4, -0.2) is 74.2 Å². The molecule has 0 bridgehead atoms. The van der Waals surface area contributed by atoms with Crippen LogP contribution in [0.15, 0.2) is 23.3 Å². The maximum Gasteiger partial charge on any atom is 0.220 e. The number of rotatable bonds is 6. The molecule has 9 heteroatoms. The zero-order chi connectivity index (χ0) is 21.3. The molecule has 2 N–H and O–H groups in total. The third-order valence-electron chi connectivity index (χ3n) is 5.79. The van der Waals surface area contributed by atoms with Crippen molar-refractivity contribution in [2.75, 3.05) is 51.3 Å². The quantitative estimate of drug-likeness (QED) is 0.325. The molecule has 0 radical (unpaired) electrons. The highest BCUT2D eigenvalue weighted by atomic mass is 127. The molecule has 2 saturated heterocycles. The van der Waals surface area contributed by atoms with Gasteiger partial charge in [-0.3, -0.25) is 4.79 Å². The van der Waals surface area contributed by atoms with E-state index in [4.69, 9.17) is 9.73 Å². The smallest absolute Gasteiger partial charge is 0.220 e. The first-order chi connectivity index (χ1) is 14.6. The number of carbonyl (C=O) groups excluding carboxylic acids is 1. The molecule has 31 heavy (non-hydrogen) atoms. The fraction of sp³-hybridized carbons (Fsp3) is 0.682. The lowest BCUT2D eigenvalue weighted by molar-refractivity contribution is -0.121. The summed E-state index contributed by atoms with van der Waals surface area (Å²) in [6, 6.07) is 4.20. The minimum absolute atomic E-state index is 0. The number of hydrogen-bond acceptors (Lipinski definition) is 5. The van der Waals surface area contributed by atoms with Crippen molar-refractivity contribution in [2.45, 2.75) is 45.8 Å². The van der Waals surface area contributed by atoms with Gasteiger partial charge in [-0.1, -0.05) is 6.07 Å². The van der Waals surface area contributed by atoms with Gasteiger partial charge in [0, 0.05) is 52.4 Å². The van der Waals surface area contributed by atoms with Crippen molar-refractivity contribution in [3.05, 3.63) is 23.9 Å². The van der Waals surface area contributed by atoms with E-state index >= 15 is 0 Å². The number of pyridine rings is 1.